The molecule has 2 aromatic rings. The van der Waals surface area contributed by atoms with Crippen LogP contribution in [0.5, 0.6) is 11.5 Å². The van der Waals surface area contributed by atoms with Crippen LogP contribution in [0, 0.1) is 0 Å². The number of amides is 1. The maximum absolute atomic E-state index is 13.2. The van der Waals surface area contributed by atoms with Crippen LogP contribution in [0.1, 0.15) is 18.1 Å². The van der Waals surface area contributed by atoms with Crippen molar-refractivity contribution in [1.29, 1.82) is 0 Å². The molecule has 0 heterocycles. The van der Waals surface area contributed by atoms with E-state index in [-0.39, 0.29) is 24.6 Å². The van der Waals surface area contributed by atoms with Crippen LogP contribution in [0.15, 0.2) is 42.5 Å². The smallest absolute Gasteiger partial charge is 0.418 e. The summed E-state index contributed by atoms with van der Waals surface area (Å²) in [5.74, 6) is 0.479. The Morgan fingerprint density at radius 3 is 2.36 bits per heavy atom. The van der Waals surface area contributed by atoms with Gasteiger partial charge in [-0.3, -0.25) is 4.79 Å². The number of alkyl halides is 3. The number of hydrogen-bond donors (Lipinski definition) is 2. The summed E-state index contributed by atoms with van der Waals surface area (Å²) >= 11 is 0. The summed E-state index contributed by atoms with van der Waals surface area (Å²) in [6.45, 7) is 2.07. The summed E-state index contributed by atoms with van der Waals surface area (Å²) in [6.07, 6.45) is -3.95. The third kappa shape index (κ3) is 6.37. The molecule has 0 radical (unpaired) electrons. The van der Waals surface area contributed by atoms with Gasteiger partial charge in [-0.05, 0) is 49.2 Å². The van der Waals surface area contributed by atoms with Crippen molar-refractivity contribution in [3.63, 3.8) is 0 Å². The van der Waals surface area contributed by atoms with E-state index in [1.165, 1.54) is 12.1 Å². The normalized spacial score (nSPS) is 11.0. The molecule has 2 rings (SSSR count). The van der Waals surface area contributed by atoms with Gasteiger partial charge in [0, 0.05) is 12.2 Å². The lowest BCUT2D eigenvalue weighted by Gasteiger charge is -2.16. The lowest BCUT2D eigenvalue weighted by atomic mass is 10.1. The van der Waals surface area contributed by atoms with E-state index in [0.29, 0.717) is 13.0 Å². The van der Waals surface area contributed by atoms with Crippen LogP contribution in [0.4, 0.5) is 18.9 Å². The quantitative estimate of drug-likeness (QED) is 0.675. The second-order valence-corrected chi connectivity index (χ2v) is 5.94. The van der Waals surface area contributed by atoms with Gasteiger partial charge < -0.3 is 20.1 Å². The van der Waals surface area contributed by atoms with Gasteiger partial charge in [0.15, 0.2) is 0 Å². The SMILES string of the molecule is CCOc1ccc(NCC(=O)NCCc2ccc(OC)cc2)c(C(F)(F)F)c1. The standard InChI is InChI=1S/C20H23F3N2O3/c1-3-28-16-8-9-18(17(12-16)20(21,22)23)25-13-19(26)24-11-10-14-4-6-15(27-2)7-5-14/h4-9,12,25H,3,10-11,13H2,1-2H3,(H,24,26). The minimum absolute atomic E-state index is 0.129. The van der Waals surface area contributed by atoms with Crippen LogP contribution in [0.25, 0.3) is 0 Å². The first-order chi connectivity index (χ1) is 13.3. The van der Waals surface area contributed by atoms with Gasteiger partial charge in [0.2, 0.25) is 5.91 Å². The fourth-order valence-corrected chi connectivity index (χ4v) is 2.54. The van der Waals surface area contributed by atoms with Crippen molar-refractivity contribution in [2.24, 2.45) is 0 Å². The summed E-state index contributed by atoms with van der Waals surface area (Å²) in [6, 6.07) is 11.0. The number of hydrogen-bond acceptors (Lipinski definition) is 4. The van der Waals surface area contributed by atoms with E-state index in [9.17, 15) is 18.0 Å². The molecule has 0 atom stereocenters. The van der Waals surface area contributed by atoms with Crippen molar-refractivity contribution in [2.45, 2.75) is 19.5 Å². The summed E-state index contributed by atoms with van der Waals surface area (Å²) in [5.41, 5.74) is -0.0225. The van der Waals surface area contributed by atoms with E-state index in [1.54, 1.807) is 14.0 Å². The van der Waals surface area contributed by atoms with Crippen LogP contribution in [0.3, 0.4) is 0 Å². The van der Waals surface area contributed by atoms with Gasteiger partial charge in [-0.25, -0.2) is 0 Å². The van der Waals surface area contributed by atoms with Crippen molar-refractivity contribution in [2.75, 3.05) is 32.1 Å². The zero-order valence-electron chi connectivity index (χ0n) is 15.7. The Labute approximate surface area is 161 Å². The molecule has 0 saturated heterocycles. The first-order valence-electron chi connectivity index (χ1n) is 8.81. The average Bonchev–Trinajstić information content (AvgIpc) is 2.67. The second-order valence-electron chi connectivity index (χ2n) is 5.94. The Morgan fingerprint density at radius 2 is 1.75 bits per heavy atom. The third-order valence-corrected chi connectivity index (χ3v) is 3.94. The third-order valence-electron chi connectivity index (χ3n) is 3.94. The Hall–Kier alpha value is -2.90. The maximum atomic E-state index is 13.2. The Balaban J connectivity index is 1.87. The van der Waals surface area contributed by atoms with Crippen molar-refractivity contribution in [1.82, 2.24) is 5.32 Å². The highest BCUT2D eigenvalue weighted by Crippen LogP contribution is 2.37. The van der Waals surface area contributed by atoms with Crippen molar-refractivity contribution in [3.8, 4) is 11.5 Å². The Morgan fingerprint density at radius 1 is 1.07 bits per heavy atom. The summed E-state index contributed by atoms with van der Waals surface area (Å²) in [4.78, 5) is 11.9. The first kappa shape index (κ1) is 21.4. The fraction of sp³-hybridized carbons (Fsp3) is 0.350. The van der Waals surface area contributed by atoms with E-state index in [2.05, 4.69) is 10.6 Å². The molecule has 0 fully saturated rings. The van der Waals surface area contributed by atoms with Crippen LogP contribution in [-0.4, -0.2) is 32.7 Å². The lowest BCUT2D eigenvalue weighted by Crippen LogP contribution is -2.31. The summed E-state index contributed by atoms with van der Waals surface area (Å²) in [5, 5.41) is 5.23. The number of rotatable bonds is 9. The van der Waals surface area contributed by atoms with Crippen LogP contribution in [0.2, 0.25) is 0 Å². The number of nitrogens with one attached hydrogen (secondary N) is 2. The molecule has 0 aromatic heterocycles. The largest absolute Gasteiger partial charge is 0.497 e. The van der Waals surface area contributed by atoms with E-state index in [1.807, 2.05) is 24.3 Å². The number of anilines is 1. The van der Waals surface area contributed by atoms with Gasteiger partial charge in [0.1, 0.15) is 11.5 Å². The molecule has 2 aromatic carbocycles. The molecule has 0 spiro atoms. The summed E-state index contributed by atoms with van der Waals surface area (Å²) < 4.78 is 49.9. The van der Waals surface area contributed by atoms with Crippen molar-refractivity contribution >= 4 is 11.6 Å². The predicted octanol–water partition coefficient (Wildman–Crippen LogP) is 3.88. The number of benzene rings is 2. The van der Waals surface area contributed by atoms with Gasteiger partial charge in [-0.2, -0.15) is 13.2 Å². The molecule has 8 heteroatoms. The van der Waals surface area contributed by atoms with Crippen LogP contribution < -0.4 is 20.1 Å². The van der Waals surface area contributed by atoms with E-state index < -0.39 is 17.6 Å². The van der Waals surface area contributed by atoms with Gasteiger partial charge in [-0.15, -0.1) is 0 Å². The van der Waals surface area contributed by atoms with Gasteiger partial charge in [0.05, 0.1) is 25.8 Å². The predicted molar refractivity (Wildman–Crippen MR) is 101 cm³/mol. The molecule has 152 valence electrons. The molecule has 2 N–H and O–H groups in total. The summed E-state index contributed by atoms with van der Waals surface area (Å²) in [7, 11) is 1.58. The van der Waals surface area contributed by atoms with Crippen molar-refractivity contribution < 1.29 is 27.4 Å². The average molecular weight is 396 g/mol. The molecule has 5 nitrogen and oxygen atoms in total. The molecule has 28 heavy (non-hydrogen) atoms. The number of methoxy groups -OCH3 is 1. The first-order valence-corrected chi connectivity index (χ1v) is 8.81. The molecule has 0 aliphatic carbocycles. The number of halogens is 3. The molecular weight excluding hydrogens is 373 g/mol. The zero-order chi connectivity index (χ0) is 20.6. The second kappa shape index (κ2) is 9.87. The number of carbonyl (C=O) groups excluding carboxylic acids is 1. The van der Waals surface area contributed by atoms with E-state index >= 15 is 0 Å². The number of ether oxygens (including phenoxy) is 2. The minimum Gasteiger partial charge on any atom is -0.497 e. The van der Waals surface area contributed by atoms with Crippen LogP contribution >= 0.6 is 0 Å². The molecule has 0 bridgehead atoms. The zero-order valence-corrected chi connectivity index (χ0v) is 15.7. The fourth-order valence-electron chi connectivity index (χ4n) is 2.54. The van der Waals surface area contributed by atoms with Crippen molar-refractivity contribution in [3.05, 3.63) is 53.6 Å². The van der Waals surface area contributed by atoms with Gasteiger partial charge in [0.25, 0.3) is 0 Å². The monoisotopic (exact) mass is 396 g/mol. The molecule has 1 amide bonds. The maximum Gasteiger partial charge on any atom is 0.418 e. The molecule has 0 saturated carbocycles. The van der Waals surface area contributed by atoms with Gasteiger partial charge >= 0.3 is 6.18 Å². The van der Waals surface area contributed by atoms with Gasteiger partial charge in [-0.1, -0.05) is 12.1 Å². The molecule has 0 aliphatic rings. The molecule has 0 aliphatic heterocycles. The highest BCUT2D eigenvalue weighted by atomic mass is 19.4. The van der Waals surface area contributed by atoms with E-state index in [4.69, 9.17) is 9.47 Å². The Kier molecular flexibility index (Phi) is 7.54. The lowest BCUT2D eigenvalue weighted by molar-refractivity contribution is -0.137. The Bertz CT molecular complexity index is 777. The number of carbonyl (C=O) groups is 1. The molecular formula is C20H23F3N2O3. The van der Waals surface area contributed by atoms with E-state index in [0.717, 1.165) is 17.4 Å². The highest BCUT2D eigenvalue weighted by Gasteiger charge is 2.34. The minimum atomic E-state index is -4.56. The topological polar surface area (TPSA) is 59.6 Å². The van der Waals surface area contributed by atoms with Crippen LogP contribution in [-0.2, 0) is 17.4 Å². The molecule has 0 unspecified atom stereocenters. The highest BCUT2D eigenvalue weighted by molar-refractivity contribution is 5.81.